The molecule has 0 bridgehead atoms. The zero-order valence-electron chi connectivity index (χ0n) is 11.4. The second-order valence-electron chi connectivity index (χ2n) is 5.11. The van der Waals surface area contributed by atoms with Gasteiger partial charge in [0.2, 0.25) is 0 Å². The molecule has 0 aromatic rings. The van der Waals surface area contributed by atoms with Gasteiger partial charge in [-0.05, 0) is 5.92 Å². The Balaban J connectivity index is 2.70. The molecule has 0 amide bonds. The molecule has 8 nitrogen and oxygen atoms in total. The largest absolute Gasteiger partial charge is 0.388 e. The molecule has 4 N–H and O–H groups in total. The average Bonchev–Trinajstić information content (AvgIpc) is 2.36. The minimum atomic E-state index is -4.39. The van der Waals surface area contributed by atoms with E-state index in [0.29, 0.717) is 0 Å². The summed E-state index contributed by atoms with van der Waals surface area (Å²) in [6.07, 6.45) is -6.53. The lowest BCUT2D eigenvalue weighted by Gasteiger charge is -2.40. The van der Waals surface area contributed by atoms with Crippen LogP contribution in [0.1, 0.15) is 20.3 Å². The van der Waals surface area contributed by atoms with Crippen LogP contribution in [0.2, 0.25) is 0 Å². The van der Waals surface area contributed by atoms with E-state index in [1.165, 1.54) is 0 Å². The van der Waals surface area contributed by atoms with Crippen LogP contribution in [-0.4, -0.2) is 71.4 Å². The Morgan fingerprint density at radius 1 is 1.20 bits per heavy atom. The molecular weight excluding hydrogens is 292 g/mol. The van der Waals surface area contributed by atoms with Crippen molar-refractivity contribution < 1.29 is 37.8 Å². The Kier molecular flexibility index (Phi) is 6.32. The van der Waals surface area contributed by atoms with Crippen molar-refractivity contribution in [2.24, 2.45) is 5.92 Å². The zero-order valence-corrected chi connectivity index (χ0v) is 12.2. The number of rotatable bonds is 6. The third-order valence-corrected chi connectivity index (χ3v) is 4.04. The van der Waals surface area contributed by atoms with Gasteiger partial charge >= 0.3 is 0 Å². The van der Waals surface area contributed by atoms with Crippen molar-refractivity contribution >= 4 is 10.1 Å². The number of hydrogen-bond acceptors (Lipinski definition) is 7. The lowest BCUT2D eigenvalue weighted by atomic mass is 10.00. The van der Waals surface area contributed by atoms with Gasteiger partial charge in [0.1, 0.15) is 30.2 Å². The summed E-state index contributed by atoms with van der Waals surface area (Å²) in [5, 5.41) is 29.1. The minimum absolute atomic E-state index is 0.190. The van der Waals surface area contributed by atoms with Crippen molar-refractivity contribution in [2.45, 2.75) is 51.0 Å². The van der Waals surface area contributed by atoms with Crippen molar-refractivity contribution in [2.75, 3.05) is 12.4 Å². The summed E-state index contributed by atoms with van der Waals surface area (Å²) in [5.41, 5.74) is 0. The molecule has 0 aromatic carbocycles. The molecule has 6 atom stereocenters. The van der Waals surface area contributed by atoms with Gasteiger partial charge in [-0.15, -0.1) is 0 Å². The number of aliphatic hydroxyl groups excluding tert-OH is 3. The van der Waals surface area contributed by atoms with Gasteiger partial charge in [0.15, 0.2) is 6.29 Å². The maximum Gasteiger partial charge on any atom is 0.267 e. The maximum atomic E-state index is 10.8. The summed E-state index contributed by atoms with van der Waals surface area (Å²) in [7, 11) is -4.39. The highest BCUT2D eigenvalue weighted by Crippen LogP contribution is 2.23. The summed E-state index contributed by atoms with van der Waals surface area (Å²) in [6.45, 7) is 4.11. The van der Waals surface area contributed by atoms with E-state index < -0.39 is 46.6 Å². The van der Waals surface area contributed by atoms with Crippen LogP contribution in [0.5, 0.6) is 0 Å². The van der Waals surface area contributed by atoms with Crippen molar-refractivity contribution in [1.82, 2.24) is 0 Å². The van der Waals surface area contributed by atoms with Crippen molar-refractivity contribution in [1.29, 1.82) is 0 Å². The molecule has 20 heavy (non-hydrogen) atoms. The third-order valence-electron chi connectivity index (χ3n) is 3.29. The van der Waals surface area contributed by atoms with Crippen LogP contribution in [0, 0.1) is 5.92 Å². The average molecular weight is 314 g/mol. The SMILES string of the molecule is CCC(C)CO[C@@H]1OC(CS(=O)(=O)O)[C@H](O)[C@@H](O)C1O. The molecule has 0 radical (unpaired) electrons. The fraction of sp³-hybridized carbons (Fsp3) is 1.00. The Hall–Kier alpha value is -0.290. The standard InChI is InChI=1S/C11H22O8S/c1-3-6(2)4-18-11-10(14)9(13)8(12)7(19-11)5-20(15,16)17/h6-14H,3-5H2,1-2H3,(H,15,16,17)/t6?,7?,8-,9+,10?,11+/m0/s1. The van der Waals surface area contributed by atoms with Gasteiger partial charge in [-0.2, -0.15) is 8.42 Å². The van der Waals surface area contributed by atoms with Gasteiger partial charge in [-0.25, -0.2) is 0 Å². The minimum Gasteiger partial charge on any atom is -0.388 e. The van der Waals surface area contributed by atoms with E-state index in [9.17, 15) is 23.7 Å². The van der Waals surface area contributed by atoms with Gasteiger partial charge in [-0.1, -0.05) is 20.3 Å². The molecular formula is C11H22O8S. The molecule has 1 rings (SSSR count). The molecule has 3 unspecified atom stereocenters. The topological polar surface area (TPSA) is 134 Å². The van der Waals surface area contributed by atoms with Gasteiger partial charge in [-0.3, -0.25) is 4.55 Å². The molecule has 0 spiro atoms. The highest BCUT2D eigenvalue weighted by atomic mass is 32.2. The van der Waals surface area contributed by atoms with Gasteiger partial charge in [0.05, 0.1) is 6.61 Å². The quantitative estimate of drug-likeness (QED) is 0.447. The van der Waals surface area contributed by atoms with Crippen LogP contribution in [0.4, 0.5) is 0 Å². The van der Waals surface area contributed by atoms with Gasteiger partial charge in [0.25, 0.3) is 10.1 Å². The predicted molar refractivity (Wildman–Crippen MR) is 68.5 cm³/mol. The summed E-state index contributed by atoms with van der Waals surface area (Å²) >= 11 is 0. The van der Waals surface area contributed by atoms with E-state index in [1.807, 2.05) is 13.8 Å². The van der Waals surface area contributed by atoms with E-state index in [2.05, 4.69) is 0 Å². The van der Waals surface area contributed by atoms with Crippen molar-refractivity contribution in [3.8, 4) is 0 Å². The van der Waals surface area contributed by atoms with E-state index in [0.717, 1.165) is 6.42 Å². The van der Waals surface area contributed by atoms with E-state index in [-0.39, 0.29) is 12.5 Å². The van der Waals surface area contributed by atoms with Crippen LogP contribution in [0.3, 0.4) is 0 Å². The normalized spacial score (nSPS) is 36.8. The number of ether oxygens (including phenoxy) is 2. The summed E-state index contributed by atoms with van der Waals surface area (Å²) in [5.74, 6) is -0.698. The highest BCUT2D eigenvalue weighted by Gasteiger charge is 2.45. The Bertz CT molecular complexity index is 397. The molecule has 1 fully saturated rings. The Morgan fingerprint density at radius 2 is 1.80 bits per heavy atom. The molecule has 1 heterocycles. The van der Waals surface area contributed by atoms with Crippen LogP contribution in [-0.2, 0) is 19.6 Å². The van der Waals surface area contributed by atoms with E-state index >= 15 is 0 Å². The molecule has 1 saturated heterocycles. The monoisotopic (exact) mass is 314 g/mol. The second kappa shape index (κ2) is 7.12. The predicted octanol–water partition coefficient (Wildman–Crippen LogP) is -1.26. The van der Waals surface area contributed by atoms with Crippen molar-refractivity contribution in [3.05, 3.63) is 0 Å². The molecule has 1 aliphatic rings. The number of aliphatic hydroxyl groups is 3. The van der Waals surface area contributed by atoms with Gasteiger partial charge in [0, 0.05) is 0 Å². The van der Waals surface area contributed by atoms with Crippen molar-refractivity contribution in [3.63, 3.8) is 0 Å². The third kappa shape index (κ3) is 4.92. The maximum absolute atomic E-state index is 10.8. The lowest BCUT2D eigenvalue weighted by Crippen LogP contribution is -2.59. The van der Waals surface area contributed by atoms with E-state index in [1.54, 1.807) is 0 Å². The molecule has 120 valence electrons. The summed E-state index contributed by atoms with van der Waals surface area (Å²) in [6, 6.07) is 0. The van der Waals surface area contributed by atoms with Crippen LogP contribution in [0.15, 0.2) is 0 Å². The fourth-order valence-electron chi connectivity index (χ4n) is 1.78. The lowest BCUT2D eigenvalue weighted by molar-refractivity contribution is -0.294. The molecule has 0 aromatic heterocycles. The first-order chi connectivity index (χ1) is 9.15. The first kappa shape index (κ1) is 17.8. The first-order valence-corrected chi connectivity index (χ1v) is 8.03. The van der Waals surface area contributed by atoms with E-state index in [4.69, 9.17) is 14.0 Å². The smallest absolute Gasteiger partial charge is 0.267 e. The molecule has 0 saturated carbocycles. The Labute approximate surface area is 118 Å². The second-order valence-corrected chi connectivity index (χ2v) is 6.61. The Morgan fingerprint density at radius 3 is 2.30 bits per heavy atom. The summed E-state index contributed by atoms with van der Waals surface area (Å²) in [4.78, 5) is 0. The van der Waals surface area contributed by atoms with Crippen LogP contribution >= 0.6 is 0 Å². The first-order valence-electron chi connectivity index (χ1n) is 6.42. The molecule has 9 heteroatoms. The summed E-state index contributed by atoms with van der Waals surface area (Å²) < 4.78 is 40.9. The zero-order chi connectivity index (χ0) is 15.5. The van der Waals surface area contributed by atoms with Crippen LogP contribution < -0.4 is 0 Å². The molecule has 0 aliphatic carbocycles. The fourth-order valence-corrected chi connectivity index (χ4v) is 2.47. The van der Waals surface area contributed by atoms with Gasteiger partial charge < -0.3 is 24.8 Å². The molecule has 1 aliphatic heterocycles. The number of hydrogen-bond donors (Lipinski definition) is 4. The highest BCUT2D eigenvalue weighted by molar-refractivity contribution is 7.85. The van der Waals surface area contributed by atoms with Crippen LogP contribution in [0.25, 0.3) is 0 Å².